The lowest BCUT2D eigenvalue weighted by atomic mass is 10.0. The van der Waals surface area contributed by atoms with Crippen LogP contribution in [0, 0.1) is 13.8 Å². The molecule has 3 amide bonds. The average molecular weight is 514 g/mol. The van der Waals surface area contributed by atoms with Gasteiger partial charge < -0.3 is 20.3 Å². The highest BCUT2D eigenvalue weighted by Crippen LogP contribution is 2.26. The Balaban J connectivity index is 2.45. The van der Waals surface area contributed by atoms with Crippen LogP contribution in [-0.2, 0) is 14.3 Å². The van der Waals surface area contributed by atoms with Crippen molar-refractivity contribution in [2.75, 3.05) is 17.6 Å². The van der Waals surface area contributed by atoms with Crippen molar-refractivity contribution in [2.45, 2.75) is 72.1 Å². The molecule has 2 atom stereocenters. The molecule has 8 heteroatoms. The second-order valence-electron chi connectivity index (χ2n) is 9.88. The number of anilines is 1. The van der Waals surface area contributed by atoms with Crippen LogP contribution in [0.25, 0.3) is 0 Å². The van der Waals surface area contributed by atoms with Gasteiger partial charge in [-0.05, 0) is 58.2 Å². The fraction of sp³-hybridized carbons (Fsp3) is 0.464. The molecule has 2 aromatic carbocycles. The number of carbonyl (C=O) groups is 3. The number of nitrogens with zero attached hydrogens (tertiary/aromatic N) is 1. The molecule has 2 N–H and O–H groups in total. The molecule has 2 unspecified atom stereocenters. The molecule has 0 aliphatic rings. The van der Waals surface area contributed by atoms with Crippen LogP contribution < -0.4 is 10.6 Å². The van der Waals surface area contributed by atoms with Gasteiger partial charge in [-0.1, -0.05) is 61.4 Å². The van der Waals surface area contributed by atoms with Crippen molar-refractivity contribution in [1.29, 1.82) is 0 Å². The van der Waals surface area contributed by atoms with Crippen molar-refractivity contribution in [1.82, 2.24) is 10.2 Å². The van der Waals surface area contributed by atoms with Gasteiger partial charge >= 0.3 is 6.09 Å². The summed E-state index contributed by atoms with van der Waals surface area (Å²) in [6.45, 7) is 11.5. The van der Waals surface area contributed by atoms with E-state index in [0.717, 1.165) is 17.5 Å². The molecule has 0 aliphatic heterocycles. The molecule has 0 saturated heterocycles. The average Bonchev–Trinajstić information content (AvgIpc) is 2.81. The summed E-state index contributed by atoms with van der Waals surface area (Å²) < 4.78 is 5.34. The van der Waals surface area contributed by atoms with Crippen LogP contribution in [0.15, 0.2) is 48.5 Å². The third-order valence-corrected chi connectivity index (χ3v) is 5.93. The second-order valence-corrected chi connectivity index (χ2v) is 10.2. The topological polar surface area (TPSA) is 87.7 Å². The largest absolute Gasteiger partial charge is 0.444 e. The van der Waals surface area contributed by atoms with Gasteiger partial charge in [0.1, 0.15) is 17.7 Å². The van der Waals surface area contributed by atoms with E-state index in [1.165, 1.54) is 0 Å². The number of benzene rings is 2. The molecule has 2 aromatic rings. The lowest BCUT2D eigenvalue weighted by Crippen LogP contribution is -2.53. The summed E-state index contributed by atoms with van der Waals surface area (Å²) in [6, 6.07) is 13.2. The predicted molar refractivity (Wildman–Crippen MR) is 147 cm³/mol. The summed E-state index contributed by atoms with van der Waals surface area (Å²) in [5.74, 6) is -0.664. The highest BCUT2D eigenvalue weighted by atomic mass is 32.1. The van der Waals surface area contributed by atoms with E-state index in [1.807, 2.05) is 69.3 Å². The SMILES string of the molecule is CCCCN(C(=O)C(CS)NC(=O)OC(C)(C)C)C(C(=O)Nc1ccccc1C)c1ccc(C)cc1. The fourth-order valence-corrected chi connectivity index (χ4v) is 3.91. The number of ether oxygens (including phenoxy) is 1. The van der Waals surface area contributed by atoms with Gasteiger partial charge in [-0.2, -0.15) is 12.6 Å². The zero-order valence-electron chi connectivity index (χ0n) is 22.1. The maximum atomic E-state index is 13.8. The molecule has 0 heterocycles. The maximum absolute atomic E-state index is 13.8. The van der Waals surface area contributed by atoms with Crippen molar-refractivity contribution in [3.63, 3.8) is 0 Å². The number of nitrogens with one attached hydrogen (secondary N) is 2. The van der Waals surface area contributed by atoms with Crippen LogP contribution in [0.1, 0.15) is 63.3 Å². The Morgan fingerprint density at radius 2 is 1.67 bits per heavy atom. The van der Waals surface area contributed by atoms with Gasteiger partial charge in [0.25, 0.3) is 5.91 Å². The lowest BCUT2D eigenvalue weighted by Gasteiger charge is -2.34. The maximum Gasteiger partial charge on any atom is 0.408 e. The Bertz CT molecular complexity index is 1030. The molecule has 7 nitrogen and oxygen atoms in total. The van der Waals surface area contributed by atoms with Gasteiger partial charge in [-0.3, -0.25) is 9.59 Å². The van der Waals surface area contributed by atoms with Gasteiger partial charge in [0.15, 0.2) is 0 Å². The van der Waals surface area contributed by atoms with Crippen molar-refractivity contribution in [2.24, 2.45) is 0 Å². The third-order valence-electron chi connectivity index (χ3n) is 5.56. The molecule has 0 aliphatic carbocycles. The van der Waals surface area contributed by atoms with Gasteiger partial charge in [-0.15, -0.1) is 0 Å². The summed E-state index contributed by atoms with van der Waals surface area (Å²) in [7, 11) is 0. The number of para-hydroxylation sites is 1. The minimum absolute atomic E-state index is 0.0563. The minimum atomic E-state index is -0.959. The van der Waals surface area contributed by atoms with E-state index < -0.39 is 29.7 Å². The first kappa shape index (κ1) is 29.2. The lowest BCUT2D eigenvalue weighted by molar-refractivity contribution is -0.140. The first-order chi connectivity index (χ1) is 17.0. The van der Waals surface area contributed by atoms with E-state index in [-0.39, 0.29) is 11.7 Å². The molecule has 2 rings (SSSR count). The Morgan fingerprint density at radius 3 is 2.22 bits per heavy atom. The van der Waals surface area contributed by atoms with E-state index in [2.05, 4.69) is 23.3 Å². The molecule has 0 bridgehead atoms. The molecule has 0 saturated carbocycles. The van der Waals surface area contributed by atoms with Crippen molar-refractivity contribution in [3.8, 4) is 0 Å². The number of rotatable bonds is 10. The van der Waals surface area contributed by atoms with Crippen molar-refractivity contribution >= 4 is 36.2 Å². The summed E-state index contributed by atoms with van der Waals surface area (Å²) in [5, 5.41) is 5.63. The monoisotopic (exact) mass is 513 g/mol. The number of alkyl carbamates (subject to hydrolysis) is 1. The second kappa shape index (κ2) is 13.3. The van der Waals surface area contributed by atoms with Crippen LogP contribution in [0.5, 0.6) is 0 Å². The van der Waals surface area contributed by atoms with Crippen molar-refractivity contribution < 1.29 is 19.1 Å². The molecular formula is C28H39N3O4S. The predicted octanol–water partition coefficient (Wildman–Crippen LogP) is 5.44. The highest BCUT2D eigenvalue weighted by molar-refractivity contribution is 7.80. The summed E-state index contributed by atoms with van der Waals surface area (Å²) in [4.78, 5) is 41.5. The van der Waals surface area contributed by atoms with Gasteiger partial charge in [0.2, 0.25) is 5.91 Å². The summed E-state index contributed by atoms with van der Waals surface area (Å²) in [6.07, 6.45) is 0.813. The summed E-state index contributed by atoms with van der Waals surface area (Å²) in [5.41, 5.74) is 2.61. The standard InChI is InChI=1S/C28H39N3O4S/c1-7-8-17-31(26(33)23(18-36)30-27(34)35-28(4,5)6)24(21-15-13-19(2)14-16-21)25(32)29-22-12-10-9-11-20(22)3/h9-16,23-24,36H,7-8,17-18H2,1-6H3,(H,29,32)(H,30,34). The highest BCUT2D eigenvalue weighted by Gasteiger charge is 2.35. The molecule has 36 heavy (non-hydrogen) atoms. The first-order valence-corrected chi connectivity index (χ1v) is 12.9. The smallest absolute Gasteiger partial charge is 0.408 e. The summed E-state index contributed by atoms with van der Waals surface area (Å²) >= 11 is 4.32. The Labute approximate surface area is 220 Å². The Hall–Kier alpha value is -3.00. The van der Waals surface area contributed by atoms with E-state index in [4.69, 9.17) is 4.74 Å². The third kappa shape index (κ3) is 8.59. The van der Waals surface area contributed by atoms with Crippen molar-refractivity contribution in [3.05, 3.63) is 65.2 Å². The van der Waals surface area contributed by atoms with E-state index in [1.54, 1.807) is 25.7 Å². The molecule has 196 valence electrons. The van der Waals surface area contributed by atoms with E-state index >= 15 is 0 Å². The Morgan fingerprint density at radius 1 is 1.03 bits per heavy atom. The quantitative estimate of drug-likeness (QED) is 0.370. The number of hydrogen-bond acceptors (Lipinski definition) is 5. The van der Waals surface area contributed by atoms with Crippen LogP contribution in [0.4, 0.5) is 10.5 Å². The molecule has 0 radical (unpaired) electrons. The zero-order chi connectivity index (χ0) is 26.9. The van der Waals surface area contributed by atoms with Gasteiger partial charge in [0.05, 0.1) is 0 Å². The molecule has 0 aromatic heterocycles. The van der Waals surface area contributed by atoms with Crippen LogP contribution in [0.3, 0.4) is 0 Å². The Kier molecular flexibility index (Phi) is 10.8. The molecular weight excluding hydrogens is 474 g/mol. The number of unbranched alkanes of at least 4 members (excludes halogenated alkanes) is 1. The number of thiol groups is 1. The number of amides is 3. The van der Waals surface area contributed by atoms with Crippen LogP contribution in [0.2, 0.25) is 0 Å². The first-order valence-electron chi connectivity index (χ1n) is 12.3. The van der Waals surface area contributed by atoms with Gasteiger partial charge in [-0.25, -0.2) is 4.79 Å². The normalized spacial score (nSPS) is 12.9. The fourth-order valence-electron chi connectivity index (χ4n) is 3.67. The molecule has 0 fully saturated rings. The van der Waals surface area contributed by atoms with E-state index in [9.17, 15) is 14.4 Å². The molecule has 0 spiro atoms. The van der Waals surface area contributed by atoms with Crippen LogP contribution in [-0.4, -0.2) is 46.7 Å². The number of hydrogen-bond donors (Lipinski definition) is 3. The number of aryl methyl sites for hydroxylation is 2. The number of carbonyl (C=O) groups excluding carboxylic acids is 3. The van der Waals surface area contributed by atoms with Gasteiger partial charge in [0, 0.05) is 18.0 Å². The van der Waals surface area contributed by atoms with Crippen LogP contribution >= 0.6 is 12.6 Å². The minimum Gasteiger partial charge on any atom is -0.444 e. The van der Waals surface area contributed by atoms with E-state index in [0.29, 0.717) is 24.2 Å². The zero-order valence-corrected chi connectivity index (χ0v) is 23.0.